The molecule has 0 spiro atoms. The van der Waals surface area contributed by atoms with Crippen LogP contribution in [0.15, 0.2) is 23.6 Å². The van der Waals surface area contributed by atoms with Gasteiger partial charge in [-0.15, -0.1) is 23.7 Å². The summed E-state index contributed by atoms with van der Waals surface area (Å²) >= 11 is 1.42. The molecular weight excluding hydrogens is 346 g/mol. The molecule has 0 saturated carbocycles. The number of aryl methyl sites for hydroxylation is 2. The first-order chi connectivity index (χ1) is 11.0. The summed E-state index contributed by atoms with van der Waals surface area (Å²) in [6.07, 6.45) is 1.07. The van der Waals surface area contributed by atoms with Crippen LogP contribution in [0.25, 0.3) is 11.3 Å². The van der Waals surface area contributed by atoms with Gasteiger partial charge >= 0.3 is 0 Å². The van der Waals surface area contributed by atoms with Gasteiger partial charge in [-0.25, -0.2) is 4.98 Å². The third-order valence-electron chi connectivity index (χ3n) is 4.36. The lowest BCUT2D eigenvalue weighted by Gasteiger charge is -2.31. The van der Waals surface area contributed by atoms with Crippen molar-refractivity contribution in [3.8, 4) is 11.3 Å². The summed E-state index contributed by atoms with van der Waals surface area (Å²) in [4.78, 5) is 16.9. The number of halogens is 1. The van der Waals surface area contributed by atoms with E-state index in [9.17, 15) is 4.79 Å². The van der Waals surface area contributed by atoms with Crippen LogP contribution in [-0.2, 0) is 9.53 Å². The molecule has 1 aromatic heterocycles. The molecule has 1 saturated heterocycles. The van der Waals surface area contributed by atoms with Gasteiger partial charge in [0.15, 0.2) is 5.13 Å². The molecule has 7 heteroatoms. The molecule has 24 heavy (non-hydrogen) atoms. The zero-order valence-electron chi connectivity index (χ0n) is 13.8. The highest BCUT2D eigenvalue weighted by Gasteiger charge is 2.36. The first-order valence-corrected chi connectivity index (χ1v) is 8.57. The number of carbonyl (C=O) groups is 1. The van der Waals surface area contributed by atoms with E-state index in [0.29, 0.717) is 31.2 Å². The molecule has 3 N–H and O–H groups in total. The zero-order chi connectivity index (χ0) is 16.4. The van der Waals surface area contributed by atoms with Gasteiger partial charge in [-0.05, 0) is 43.9 Å². The Morgan fingerprint density at radius 1 is 1.29 bits per heavy atom. The van der Waals surface area contributed by atoms with E-state index in [2.05, 4.69) is 36.3 Å². The van der Waals surface area contributed by atoms with E-state index in [1.807, 2.05) is 11.4 Å². The maximum atomic E-state index is 12.4. The largest absolute Gasteiger partial charge is 0.381 e. The molecular formula is C17H22ClN3O2S. The highest BCUT2D eigenvalue weighted by molar-refractivity contribution is 7.14. The number of nitrogens with two attached hydrogens (primary N) is 1. The Kier molecular flexibility index (Phi) is 5.98. The van der Waals surface area contributed by atoms with Crippen LogP contribution in [0.4, 0.5) is 5.13 Å². The van der Waals surface area contributed by atoms with Gasteiger partial charge in [0.2, 0.25) is 5.91 Å². The summed E-state index contributed by atoms with van der Waals surface area (Å²) in [5.74, 6) is -0.179. The lowest BCUT2D eigenvalue weighted by atomic mass is 9.90. The summed E-state index contributed by atoms with van der Waals surface area (Å²) < 4.78 is 5.28. The zero-order valence-corrected chi connectivity index (χ0v) is 15.4. The van der Waals surface area contributed by atoms with Crippen LogP contribution in [0.2, 0.25) is 0 Å². The van der Waals surface area contributed by atoms with Gasteiger partial charge < -0.3 is 15.8 Å². The fourth-order valence-corrected chi connectivity index (χ4v) is 3.26. The number of carbonyl (C=O) groups excluding carboxylic acids is 1. The van der Waals surface area contributed by atoms with Crippen LogP contribution in [0.3, 0.4) is 0 Å². The second kappa shape index (κ2) is 7.61. The first kappa shape index (κ1) is 18.9. The molecule has 3 rings (SSSR count). The average molecular weight is 368 g/mol. The van der Waals surface area contributed by atoms with Crippen molar-refractivity contribution < 1.29 is 9.53 Å². The fourth-order valence-electron chi connectivity index (χ4n) is 2.55. The van der Waals surface area contributed by atoms with E-state index in [-0.39, 0.29) is 18.3 Å². The van der Waals surface area contributed by atoms with Crippen LogP contribution in [0.5, 0.6) is 0 Å². The Bertz CT molecular complexity index is 726. The van der Waals surface area contributed by atoms with Crippen LogP contribution in [-0.4, -0.2) is 29.6 Å². The summed E-state index contributed by atoms with van der Waals surface area (Å²) in [5, 5.41) is 5.39. The molecule has 130 valence electrons. The van der Waals surface area contributed by atoms with Gasteiger partial charge in [0.25, 0.3) is 0 Å². The van der Waals surface area contributed by atoms with Gasteiger partial charge in [-0.1, -0.05) is 12.1 Å². The molecule has 1 fully saturated rings. The molecule has 1 aromatic carbocycles. The SMILES string of the molecule is Cc1ccc(-c2csc(NC(=O)C3(N)CCOCC3)n2)cc1C.Cl. The van der Waals surface area contributed by atoms with Crippen molar-refractivity contribution in [1.29, 1.82) is 0 Å². The molecule has 0 atom stereocenters. The Balaban J connectivity index is 0.00000208. The summed E-state index contributed by atoms with van der Waals surface area (Å²) in [5.41, 5.74) is 9.73. The maximum absolute atomic E-state index is 12.4. The minimum atomic E-state index is -0.857. The van der Waals surface area contributed by atoms with Crippen molar-refractivity contribution >= 4 is 34.8 Å². The van der Waals surface area contributed by atoms with Crippen molar-refractivity contribution in [2.75, 3.05) is 18.5 Å². The number of amides is 1. The second-order valence-corrected chi connectivity index (χ2v) is 6.92. The topological polar surface area (TPSA) is 77.2 Å². The van der Waals surface area contributed by atoms with Crippen LogP contribution < -0.4 is 11.1 Å². The predicted molar refractivity (Wildman–Crippen MR) is 99.9 cm³/mol. The minimum absolute atomic E-state index is 0. The minimum Gasteiger partial charge on any atom is -0.381 e. The van der Waals surface area contributed by atoms with E-state index in [1.54, 1.807) is 0 Å². The number of benzene rings is 1. The molecule has 2 heterocycles. The van der Waals surface area contributed by atoms with Crippen molar-refractivity contribution in [2.45, 2.75) is 32.2 Å². The number of anilines is 1. The van der Waals surface area contributed by atoms with E-state index in [4.69, 9.17) is 10.5 Å². The number of aromatic nitrogens is 1. The van der Waals surface area contributed by atoms with Crippen molar-refractivity contribution in [2.24, 2.45) is 5.73 Å². The van der Waals surface area contributed by atoms with Crippen LogP contribution >= 0.6 is 23.7 Å². The van der Waals surface area contributed by atoms with E-state index in [1.165, 1.54) is 22.5 Å². The fraction of sp³-hybridized carbons (Fsp3) is 0.412. The van der Waals surface area contributed by atoms with Crippen molar-refractivity contribution in [1.82, 2.24) is 4.98 Å². The van der Waals surface area contributed by atoms with Gasteiger partial charge in [-0.3, -0.25) is 4.79 Å². The molecule has 0 unspecified atom stereocenters. The molecule has 1 amide bonds. The number of ether oxygens (including phenoxy) is 1. The molecule has 5 nitrogen and oxygen atoms in total. The van der Waals surface area contributed by atoms with Crippen molar-refractivity contribution in [3.05, 3.63) is 34.7 Å². The lowest BCUT2D eigenvalue weighted by Crippen LogP contribution is -2.54. The number of nitrogens with zero attached hydrogens (tertiary/aromatic N) is 1. The Labute approximate surface area is 152 Å². The Morgan fingerprint density at radius 2 is 2.00 bits per heavy atom. The van der Waals surface area contributed by atoms with Gasteiger partial charge in [0.1, 0.15) is 5.54 Å². The highest BCUT2D eigenvalue weighted by atomic mass is 35.5. The van der Waals surface area contributed by atoms with Crippen LogP contribution in [0.1, 0.15) is 24.0 Å². The predicted octanol–water partition coefficient (Wildman–Crippen LogP) is 3.30. The quantitative estimate of drug-likeness (QED) is 0.872. The number of nitrogens with one attached hydrogen (secondary N) is 1. The molecule has 0 aliphatic carbocycles. The van der Waals surface area contributed by atoms with Gasteiger partial charge in [0, 0.05) is 24.2 Å². The molecule has 1 aliphatic rings. The van der Waals surface area contributed by atoms with Gasteiger partial charge in [-0.2, -0.15) is 0 Å². The third-order valence-corrected chi connectivity index (χ3v) is 5.12. The summed E-state index contributed by atoms with van der Waals surface area (Å²) in [7, 11) is 0. The standard InChI is InChI=1S/C17H21N3O2S.ClH/c1-11-3-4-13(9-12(11)2)14-10-23-16(19-14)20-15(21)17(18)5-7-22-8-6-17;/h3-4,9-10H,5-8,18H2,1-2H3,(H,19,20,21);1H. The van der Waals surface area contributed by atoms with E-state index < -0.39 is 5.54 Å². The normalized spacial score (nSPS) is 16.3. The number of thiazole rings is 1. The molecule has 0 radical (unpaired) electrons. The van der Waals surface area contributed by atoms with E-state index in [0.717, 1.165) is 11.3 Å². The van der Waals surface area contributed by atoms with E-state index >= 15 is 0 Å². The number of hydrogen-bond acceptors (Lipinski definition) is 5. The molecule has 0 bridgehead atoms. The Morgan fingerprint density at radius 3 is 2.67 bits per heavy atom. The number of rotatable bonds is 3. The maximum Gasteiger partial charge on any atom is 0.246 e. The second-order valence-electron chi connectivity index (χ2n) is 6.06. The lowest BCUT2D eigenvalue weighted by molar-refractivity contribution is -0.124. The Hall–Kier alpha value is -1.47. The first-order valence-electron chi connectivity index (χ1n) is 7.69. The smallest absolute Gasteiger partial charge is 0.246 e. The summed E-state index contributed by atoms with van der Waals surface area (Å²) in [6, 6.07) is 6.24. The van der Waals surface area contributed by atoms with Crippen LogP contribution in [0, 0.1) is 13.8 Å². The number of hydrogen-bond donors (Lipinski definition) is 2. The summed E-state index contributed by atoms with van der Waals surface area (Å²) in [6.45, 7) is 5.21. The van der Waals surface area contributed by atoms with Gasteiger partial charge in [0.05, 0.1) is 5.69 Å². The molecule has 2 aromatic rings. The molecule has 1 aliphatic heterocycles. The highest BCUT2D eigenvalue weighted by Crippen LogP contribution is 2.27. The third kappa shape index (κ3) is 3.95. The van der Waals surface area contributed by atoms with Crippen molar-refractivity contribution in [3.63, 3.8) is 0 Å². The monoisotopic (exact) mass is 367 g/mol. The average Bonchev–Trinajstić information content (AvgIpc) is 2.99.